The molecule has 2 N–H and O–H groups in total. The predicted molar refractivity (Wildman–Crippen MR) is 68.6 cm³/mol. The van der Waals surface area contributed by atoms with Crippen LogP contribution in [0.25, 0.3) is 0 Å². The fourth-order valence-corrected chi connectivity index (χ4v) is 2.71. The van der Waals surface area contributed by atoms with Crippen LogP contribution in [0.3, 0.4) is 0 Å². The number of carbonyl (C=O) groups excluding carboxylic acids is 1. The molecule has 1 fully saturated rings. The van der Waals surface area contributed by atoms with Crippen molar-refractivity contribution < 1.29 is 13.6 Å². The van der Waals surface area contributed by atoms with Crippen LogP contribution in [0.1, 0.15) is 58.3 Å². The summed E-state index contributed by atoms with van der Waals surface area (Å²) in [6.07, 6.45) is 3.83. The Balaban J connectivity index is 2.23. The zero-order valence-electron chi connectivity index (χ0n) is 11.3. The second-order valence-corrected chi connectivity index (χ2v) is 5.78. The molecule has 1 saturated carbocycles. The van der Waals surface area contributed by atoms with E-state index in [9.17, 15) is 13.6 Å². The molecule has 0 heterocycles. The Morgan fingerprint density at radius 2 is 2.17 bits per heavy atom. The average Bonchev–Trinajstić information content (AvgIpc) is 2.25. The summed E-state index contributed by atoms with van der Waals surface area (Å²) in [5.74, 6) is -2.06. The molecule has 0 radical (unpaired) electrons. The molecule has 2 unspecified atom stereocenters. The smallest absolute Gasteiger partial charge is 0.248 e. The summed E-state index contributed by atoms with van der Waals surface area (Å²) in [4.78, 5) is 11.8. The van der Waals surface area contributed by atoms with Crippen LogP contribution < -0.4 is 5.73 Å². The molecule has 0 aromatic rings. The van der Waals surface area contributed by atoms with Gasteiger partial charge in [-0.25, -0.2) is 8.78 Å². The van der Waals surface area contributed by atoms with Gasteiger partial charge in [-0.2, -0.15) is 0 Å². The summed E-state index contributed by atoms with van der Waals surface area (Å²) in [5.41, 5.74) is 5.45. The predicted octanol–water partition coefficient (Wildman–Crippen LogP) is 3.54. The Morgan fingerprint density at radius 3 is 2.78 bits per heavy atom. The van der Waals surface area contributed by atoms with E-state index in [0.717, 1.165) is 19.3 Å². The summed E-state index contributed by atoms with van der Waals surface area (Å²) in [7, 11) is 0. The monoisotopic (exact) mass is 261 g/mol. The highest BCUT2D eigenvalue weighted by molar-refractivity contribution is 5.78. The number of rotatable bonds is 7. The number of nitrogens with two attached hydrogens (primary N) is 1. The lowest BCUT2D eigenvalue weighted by Gasteiger charge is -2.28. The minimum atomic E-state index is -2.55. The van der Waals surface area contributed by atoms with Crippen molar-refractivity contribution in [1.29, 1.82) is 0 Å². The third-order valence-electron chi connectivity index (χ3n) is 3.83. The molecule has 1 rings (SSSR count). The first-order valence-corrected chi connectivity index (χ1v) is 7.02. The second-order valence-electron chi connectivity index (χ2n) is 5.78. The van der Waals surface area contributed by atoms with Gasteiger partial charge in [-0.1, -0.05) is 6.92 Å². The van der Waals surface area contributed by atoms with E-state index >= 15 is 0 Å². The molecule has 1 aliphatic rings. The first kappa shape index (κ1) is 15.5. The topological polar surface area (TPSA) is 43.1 Å². The van der Waals surface area contributed by atoms with E-state index in [2.05, 4.69) is 6.92 Å². The van der Waals surface area contributed by atoms with Gasteiger partial charge in [0.2, 0.25) is 5.92 Å². The van der Waals surface area contributed by atoms with Crippen LogP contribution in [0, 0.1) is 11.8 Å². The minimum absolute atomic E-state index is 0.00871. The van der Waals surface area contributed by atoms with Crippen molar-refractivity contribution in [3.63, 3.8) is 0 Å². The number of hydrogen-bond acceptors (Lipinski definition) is 2. The molecule has 106 valence electrons. The molecule has 0 spiro atoms. The molecule has 2 atom stereocenters. The quantitative estimate of drug-likeness (QED) is 0.761. The van der Waals surface area contributed by atoms with Crippen LogP contribution in [0.2, 0.25) is 0 Å². The normalized spacial score (nSPS) is 24.8. The number of carbonyl (C=O) groups is 1. The molecule has 0 amide bonds. The van der Waals surface area contributed by atoms with Crippen LogP contribution in [-0.2, 0) is 4.79 Å². The van der Waals surface area contributed by atoms with E-state index in [1.165, 1.54) is 0 Å². The number of ketones is 1. The van der Waals surface area contributed by atoms with Gasteiger partial charge in [0.25, 0.3) is 0 Å². The SMILES string of the molecule is CC(CCN)CCC(=O)CC1CCCC(F)(F)C1. The van der Waals surface area contributed by atoms with E-state index in [-0.39, 0.29) is 24.5 Å². The summed E-state index contributed by atoms with van der Waals surface area (Å²) in [5, 5.41) is 0. The van der Waals surface area contributed by atoms with E-state index in [0.29, 0.717) is 31.7 Å². The van der Waals surface area contributed by atoms with Crippen molar-refractivity contribution in [2.45, 2.75) is 64.2 Å². The van der Waals surface area contributed by atoms with Crippen molar-refractivity contribution in [3.05, 3.63) is 0 Å². The van der Waals surface area contributed by atoms with Crippen molar-refractivity contribution in [2.24, 2.45) is 17.6 Å². The van der Waals surface area contributed by atoms with Gasteiger partial charge in [0.15, 0.2) is 0 Å². The number of alkyl halides is 2. The van der Waals surface area contributed by atoms with Gasteiger partial charge < -0.3 is 5.73 Å². The van der Waals surface area contributed by atoms with Crippen molar-refractivity contribution >= 4 is 5.78 Å². The lowest BCUT2D eigenvalue weighted by atomic mass is 9.82. The standard InChI is InChI=1S/C14H25F2NO/c1-11(6-8-17)4-5-13(18)9-12-3-2-7-14(15,16)10-12/h11-12H,2-10,17H2,1H3. The lowest BCUT2D eigenvalue weighted by Crippen LogP contribution is -2.27. The maximum Gasteiger partial charge on any atom is 0.248 e. The maximum absolute atomic E-state index is 13.2. The third-order valence-corrected chi connectivity index (χ3v) is 3.83. The summed E-state index contributed by atoms with van der Waals surface area (Å²) in [6.45, 7) is 2.72. The number of hydrogen-bond donors (Lipinski definition) is 1. The Kier molecular flexibility index (Phi) is 6.19. The highest BCUT2D eigenvalue weighted by atomic mass is 19.3. The van der Waals surface area contributed by atoms with Crippen LogP contribution >= 0.6 is 0 Å². The van der Waals surface area contributed by atoms with Crippen LogP contribution in [-0.4, -0.2) is 18.3 Å². The molecule has 0 aromatic heterocycles. The van der Waals surface area contributed by atoms with Gasteiger partial charge in [0, 0.05) is 25.7 Å². The fourth-order valence-electron chi connectivity index (χ4n) is 2.71. The minimum Gasteiger partial charge on any atom is -0.330 e. The molecule has 1 aliphatic carbocycles. The van der Waals surface area contributed by atoms with E-state index < -0.39 is 5.92 Å². The van der Waals surface area contributed by atoms with Gasteiger partial charge in [-0.15, -0.1) is 0 Å². The fraction of sp³-hybridized carbons (Fsp3) is 0.929. The largest absolute Gasteiger partial charge is 0.330 e. The third kappa shape index (κ3) is 5.89. The Hall–Kier alpha value is -0.510. The maximum atomic E-state index is 13.2. The molecule has 0 aliphatic heterocycles. The van der Waals surface area contributed by atoms with Gasteiger partial charge >= 0.3 is 0 Å². The van der Waals surface area contributed by atoms with E-state index in [1.807, 2.05) is 0 Å². The van der Waals surface area contributed by atoms with Crippen LogP contribution in [0.15, 0.2) is 0 Å². The summed E-state index contributed by atoms with van der Waals surface area (Å²) < 4.78 is 26.4. The molecule has 18 heavy (non-hydrogen) atoms. The second kappa shape index (κ2) is 7.17. The average molecular weight is 261 g/mol. The highest BCUT2D eigenvalue weighted by Gasteiger charge is 2.36. The highest BCUT2D eigenvalue weighted by Crippen LogP contribution is 2.38. The molecule has 0 saturated heterocycles. The Bertz CT molecular complexity index is 269. The summed E-state index contributed by atoms with van der Waals surface area (Å²) >= 11 is 0. The number of halogens is 2. The molecule has 0 bridgehead atoms. The number of Topliss-reactive ketones (excluding diaryl/α,β-unsaturated/α-hetero) is 1. The first-order chi connectivity index (χ1) is 8.43. The van der Waals surface area contributed by atoms with Crippen LogP contribution in [0.5, 0.6) is 0 Å². The Labute approximate surface area is 108 Å². The summed E-state index contributed by atoms with van der Waals surface area (Å²) in [6, 6.07) is 0. The first-order valence-electron chi connectivity index (χ1n) is 7.02. The van der Waals surface area contributed by atoms with Crippen molar-refractivity contribution in [3.8, 4) is 0 Å². The van der Waals surface area contributed by atoms with E-state index in [1.54, 1.807) is 0 Å². The van der Waals surface area contributed by atoms with Gasteiger partial charge in [-0.3, -0.25) is 4.79 Å². The lowest BCUT2D eigenvalue weighted by molar-refractivity contribution is -0.122. The van der Waals surface area contributed by atoms with Crippen molar-refractivity contribution in [2.75, 3.05) is 6.54 Å². The van der Waals surface area contributed by atoms with Crippen molar-refractivity contribution in [1.82, 2.24) is 0 Å². The van der Waals surface area contributed by atoms with Gasteiger partial charge in [0.1, 0.15) is 5.78 Å². The molecule has 4 heteroatoms. The zero-order valence-corrected chi connectivity index (χ0v) is 11.3. The Morgan fingerprint density at radius 1 is 1.44 bits per heavy atom. The molecular formula is C14H25F2NO. The molecule has 0 aromatic carbocycles. The zero-order chi connectivity index (χ0) is 13.6. The van der Waals surface area contributed by atoms with Crippen LogP contribution in [0.4, 0.5) is 8.78 Å². The van der Waals surface area contributed by atoms with Gasteiger partial charge in [0.05, 0.1) is 0 Å². The molecular weight excluding hydrogens is 236 g/mol. The molecule has 2 nitrogen and oxygen atoms in total. The van der Waals surface area contributed by atoms with Gasteiger partial charge in [-0.05, 0) is 44.1 Å². The van der Waals surface area contributed by atoms with E-state index in [4.69, 9.17) is 5.73 Å².